The van der Waals surface area contributed by atoms with E-state index < -0.39 is 0 Å². The third-order valence-corrected chi connectivity index (χ3v) is 5.93. The first-order valence-corrected chi connectivity index (χ1v) is 11.7. The molecule has 2 rings (SSSR count). The number of allylic oxidation sites excluding steroid dienone is 2. The Hall–Kier alpha value is -1.57. The summed E-state index contributed by atoms with van der Waals surface area (Å²) in [4.78, 5) is 12.0. The monoisotopic (exact) mass is 384 g/mol. The molecule has 0 amide bonds. The van der Waals surface area contributed by atoms with Gasteiger partial charge in [-0.15, -0.1) is 0 Å². The van der Waals surface area contributed by atoms with Crippen molar-refractivity contribution in [2.45, 2.75) is 104 Å². The van der Waals surface area contributed by atoms with Crippen LogP contribution >= 0.6 is 0 Å². The van der Waals surface area contributed by atoms with Crippen molar-refractivity contribution in [3.05, 3.63) is 35.9 Å². The number of esters is 1. The summed E-state index contributed by atoms with van der Waals surface area (Å²) in [6.45, 7) is 4.49. The van der Waals surface area contributed by atoms with E-state index in [9.17, 15) is 4.79 Å². The van der Waals surface area contributed by atoms with Crippen LogP contribution in [0.3, 0.4) is 0 Å². The molecule has 0 saturated carbocycles. The fourth-order valence-electron chi connectivity index (χ4n) is 4.07. The lowest BCUT2D eigenvalue weighted by atomic mass is 9.84. The summed E-state index contributed by atoms with van der Waals surface area (Å²) in [5.74, 6) is 1.45. The smallest absolute Gasteiger partial charge is 0.311 e. The summed E-state index contributed by atoms with van der Waals surface area (Å²) < 4.78 is 5.50. The lowest BCUT2D eigenvalue weighted by Crippen LogP contribution is -2.08. The zero-order chi connectivity index (χ0) is 20.0. The van der Waals surface area contributed by atoms with Crippen molar-refractivity contribution in [2.24, 2.45) is 5.92 Å². The van der Waals surface area contributed by atoms with Gasteiger partial charge in [0.05, 0.1) is 0 Å². The van der Waals surface area contributed by atoms with Gasteiger partial charge in [-0.2, -0.15) is 0 Å². The maximum atomic E-state index is 12.0. The average Bonchev–Trinajstić information content (AvgIpc) is 2.72. The van der Waals surface area contributed by atoms with Crippen LogP contribution in [-0.4, -0.2) is 5.97 Å². The molecule has 0 bridgehead atoms. The maximum absolute atomic E-state index is 12.0. The highest BCUT2D eigenvalue weighted by atomic mass is 16.5. The van der Waals surface area contributed by atoms with E-state index in [-0.39, 0.29) is 5.97 Å². The van der Waals surface area contributed by atoms with Gasteiger partial charge in [0.15, 0.2) is 0 Å². The number of hydrogen-bond acceptors (Lipinski definition) is 2. The van der Waals surface area contributed by atoms with Crippen molar-refractivity contribution >= 4 is 11.5 Å². The molecule has 0 heterocycles. The molecule has 0 fully saturated rings. The number of ether oxygens (including phenoxy) is 1. The Morgan fingerprint density at radius 3 is 2.29 bits per heavy atom. The highest BCUT2D eigenvalue weighted by Crippen LogP contribution is 2.33. The molecule has 1 aliphatic rings. The maximum Gasteiger partial charge on any atom is 0.311 e. The Morgan fingerprint density at radius 2 is 1.61 bits per heavy atom. The summed E-state index contributed by atoms with van der Waals surface area (Å²) in [7, 11) is 0. The number of carbonyl (C=O) groups excluding carboxylic acids is 1. The first kappa shape index (κ1) is 22.7. The second-order valence-electron chi connectivity index (χ2n) is 8.38. The normalized spacial score (nSPS) is 16.6. The van der Waals surface area contributed by atoms with Gasteiger partial charge in [-0.3, -0.25) is 4.79 Å². The standard InChI is InChI=1S/C26H40O2/c1-3-5-7-8-9-11-13-26(27)28-25-20-18-24(19-21-25)23-16-14-22(15-17-23)12-10-6-4-2/h16,18-22H,3-15,17H2,1-2H3. The van der Waals surface area contributed by atoms with Gasteiger partial charge in [0, 0.05) is 6.42 Å². The number of carbonyl (C=O) groups is 1. The topological polar surface area (TPSA) is 26.3 Å². The molecule has 0 radical (unpaired) electrons. The van der Waals surface area contributed by atoms with Crippen molar-refractivity contribution < 1.29 is 9.53 Å². The molecule has 1 aromatic carbocycles. The van der Waals surface area contributed by atoms with Gasteiger partial charge in [-0.05, 0) is 54.9 Å². The first-order chi connectivity index (χ1) is 13.7. The molecule has 0 spiro atoms. The van der Waals surface area contributed by atoms with E-state index in [2.05, 4.69) is 32.1 Å². The van der Waals surface area contributed by atoms with Crippen LogP contribution in [0.25, 0.3) is 5.57 Å². The molecule has 2 heteroatoms. The van der Waals surface area contributed by atoms with Gasteiger partial charge < -0.3 is 4.74 Å². The Labute approximate surface area is 172 Å². The van der Waals surface area contributed by atoms with E-state index >= 15 is 0 Å². The van der Waals surface area contributed by atoms with Crippen molar-refractivity contribution in [2.75, 3.05) is 0 Å². The van der Waals surface area contributed by atoms with Crippen LogP contribution in [0.2, 0.25) is 0 Å². The summed E-state index contributed by atoms with van der Waals surface area (Å²) in [6, 6.07) is 8.11. The van der Waals surface area contributed by atoms with Crippen molar-refractivity contribution in [1.29, 1.82) is 0 Å². The van der Waals surface area contributed by atoms with Crippen LogP contribution in [0, 0.1) is 5.92 Å². The molecule has 1 aliphatic carbocycles. The SMILES string of the molecule is CCCCCCCCC(=O)Oc1ccc(C2=CCC(CCCCC)CC2)cc1. The van der Waals surface area contributed by atoms with E-state index in [4.69, 9.17) is 4.74 Å². The minimum Gasteiger partial charge on any atom is -0.427 e. The Balaban J connectivity index is 1.70. The van der Waals surface area contributed by atoms with Gasteiger partial charge in [-0.1, -0.05) is 89.8 Å². The van der Waals surface area contributed by atoms with Crippen molar-refractivity contribution in [1.82, 2.24) is 0 Å². The fraction of sp³-hybridized carbons (Fsp3) is 0.654. The predicted molar refractivity (Wildman–Crippen MR) is 120 cm³/mol. The highest BCUT2D eigenvalue weighted by molar-refractivity contribution is 5.73. The quantitative estimate of drug-likeness (QED) is 0.195. The lowest BCUT2D eigenvalue weighted by Gasteiger charge is -2.22. The van der Waals surface area contributed by atoms with Gasteiger partial charge >= 0.3 is 5.97 Å². The molecule has 0 aliphatic heterocycles. The van der Waals surface area contributed by atoms with Crippen LogP contribution in [0.15, 0.2) is 30.3 Å². The van der Waals surface area contributed by atoms with E-state index in [0.29, 0.717) is 12.2 Å². The summed E-state index contributed by atoms with van der Waals surface area (Å²) in [6.07, 6.45) is 19.2. The Morgan fingerprint density at radius 1 is 0.929 bits per heavy atom. The predicted octanol–water partition coefficient (Wildman–Crippen LogP) is 8.11. The molecule has 0 aromatic heterocycles. The van der Waals surface area contributed by atoms with E-state index in [0.717, 1.165) is 18.8 Å². The molecule has 1 unspecified atom stereocenters. The molecule has 156 valence electrons. The third-order valence-electron chi connectivity index (χ3n) is 5.93. The fourth-order valence-corrected chi connectivity index (χ4v) is 4.07. The van der Waals surface area contributed by atoms with Crippen LogP contribution < -0.4 is 4.74 Å². The summed E-state index contributed by atoms with van der Waals surface area (Å²) in [5, 5.41) is 0. The average molecular weight is 385 g/mol. The summed E-state index contributed by atoms with van der Waals surface area (Å²) in [5.41, 5.74) is 2.74. The van der Waals surface area contributed by atoms with Crippen molar-refractivity contribution in [3.8, 4) is 5.75 Å². The molecule has 1 atom stereocenters. The van der Waals surface area contributed by atoms with Crippen LogP contribution in [0.4, 0.5) is 0 Å². The molecule has 28 heavy (non-hydrogen) atoms. The summed E-state index contributed by atoms with van der Waals surface area (Å²) >= 11 is 0. The Bertz CT molecular complexity index is 585. The zero-order valence-electron chi connectivity index (χ0n) is 18.2. The van der Waals surface area contributed by atoms with Gasteiger partial charge in [0.2, 0.25) is 0 Å². The third kappa shape index (κ3) is 8.63. The molecule has 0 saturated heterocycles. The molecule has 2 nitrogen and oxygen atoms in total. The van der Waals surface area contributed by atoms with Crippen molar-refractivity contribution in [3.63, 3.8) is 0 Å². The minimum absolute atomic E-state index is 0.102. The minimum atomic E-state index is -0.102. The first-order valence-electron chi connectivity index (χ1n) is 11.7. The second kappa shape index (κ2) is 13.6. The van der Waals surface area contributed by atoms with E-state index in [1.165, 1.54) is 81.8 Å². The molecular formula is C26H40O2. The van der Waals surface area contributed by atoms with Crippen LogP contribution in [0.1, 0.15) is 109 Å². The second-order valence-corrected chi connectivity index (χ2v) is 8.38. The molecule has 1 aromatic rings. The van der Waals surface area contributed by atoms with Gasteiger partial charge in [0.25, 0.3) is 0 Å². The Kier molecular flexibility index (Phi) is 11.0. The molecular weight excluding hydrogens is 344 g/mol. The van der Waals surface area contributed by atoms with Gasteiger partial charge in [0.1, 0.15) is 5.75 Å². The van der Waals surface area contributed by atoms with E-state index in [1.54, 1.807) is 0 Å². The zero-order valence-corrected chi connectivity index (χ0v) is 18.2. The lowest BCUT2D eigenvalue weighted by molar-refractivity contribution is -0.134. The number of benzene rings is 1. The highest BCUT2D eigenvalue weighted by Gasteiger charge is 2.15. The number of rotatable bonds is 13. The number of hydrogen-bond donors (Lipinski definition) is 0. The largest absolute Gasteiger partial charge is 0.427 e. The molecule has 0 N–H and O–H groups in total. The van der Waals surface area contributed by atoms with Gasteiger partial charge in [-0.25, -0.2) is 0 Å². The number of unbranched alkanes of at least 4 members (excludes halogenated alkanes) is 7. The van der Waals surface area contributed by atoms with E-state index in [1.807, 2.05) is 12.1 Å². The van der Waals surface area contributed by atoms with Crippen LogP contribution in [-0.2, 0) is 4.79 Å². The van der Waals surface area contributed by atoms with Crippen LogP contribution in [0.5, 0.6) is 5.75 Å².